The van der Waals surface area contributed by atoms with Gasteiger partial charge in [-0.3, -0.25) is 4.79 Å². The fourth-order valence-electron chi connectivity index (χ4n) is 1.79. The molecule has 0 amide bonds. The first kappa shape index (κ1) is 12.6. The predicted molar refractivity (Wildman–Crippen MR) is 73.4 cm³/mol. The smallest absolute Gasteiger partial charge is 0.253 e. The monoisotopic (exact) mass is 302 g/mol. The molecular weight excluding hydrogens is 292 g/mol. The average molecular weight is 303 g/mol. The maximum atomic E-state index is 12.0. The van der Waals surface area contributed by atoms with Crippen molar-refractivity contribution >= 4 is 15.9 Å². The Labute approximate surface area is 113 Å². The first-order chi connectivity index (χ1) is 8.60. The average Bonchev–Trinajstić information content (AvgIpc) is 2.35. The summed E-state index contributed by atoms with van der Waals surface area (Å²) >= 11 is 3.38. The molecule has 18 heavy (non-hydrogen) atoms. The lowest BCUT2D eigenvalue weighted by molar-refractivity contribution is 0.749. The van der Waals surface area contributed by atoms with E-state index in [4.69, 9.17) is 5.26 Å². The van der Waals surface area contributed by atoms with Gasteiger partial charge in [-0.2, -0.15) is 5.26 Å². The normalized spacial score (nSPS) is 10.1. The number of hydrogen-bond donors (Lipinski definition) is 0. The highest BCUT2D eigenvalue weighted by atomic mass is 79.9. The summed E-state index contributed by atoms with van der Waals surface area (Å²) in [6, 6.07) is 11.2. The van der Waals surface area contributed by atoms with Gasteiger partial charge < -0.3 is 4.57 Å². The molecule has 2 aromatic rings. The minimum atomic E-state index is -0.0134. The molecule has 1 heterocycles. The molecule has 0 radical (unpaired) electrons. The highest BCUT2D eigenvalue weighted by Crippen LogP contribution is 2.10. The molecule has 0 saturated carbocycles. The molecule has 0 fully saturated rings. The van der Waals surface area contributed by atoms with Crippen LogP contribution in [0.4, 0.5) is 0 Å². The zero-order valence-corrected chi connectivity index (χ0v) is 11.4. The van der Waals surface area contributed by atoms with Crippen LogP contribution in [0.2, 0.25) is 0 Å². The van der Waals surface area contributed by atoms with Crippen LogP contribution in [-0.4, -0.2) is 4.57 Å². The van der Waals surface area contributed by atoms with Gasteiger partial charge in [0.1, 0.15) is 0 Å². The highest BCUT2D eigenvalue weighted by molar-refractivity contribution is 9.10. The second-order valence-electron chi connectivity index (χ2n) is 4.09. The molecule has 4 heteroatoms. The quantitative estimate of drug-likeness (QED) is 0.856. The Morgan fingerprint density at radius 1 is 1.39 bits per heavy atom. The van der Waals surface area contributed by atoms with E-state index in [-0.39, 0.29) is 5.56 Å². The molecule has 2 rings (SSSR count). The Hall–Kier alpha value is -1.86. The number of halogens is 1. The van der Waals surface area contributed by atoms with Gasteiger partial charge in [-0.1, -0.05) is 12.1 Å². The minimum absolute atomic E-state index is 0.0134. The van der Waals surface area contributed by atoms with Gasteiger partial charge >= 0.3 is 0 Å². The number of aryl methyl sites for hydroxylation is 1. The summed E-state index contributed by atoms with van der Waals surface area (Å²) in [5, 5.41) is 8.84. The van der Waals surface area contributed by atoms with Gasteiger partial charge in [-0.05, 0) is 46.6 Å². The molecule has 1 aromatic carbocycles. The number of aromatic nitrogens is 1. The van der Waals surface area contributed by atoms with E-state index in [1.54, 1.807) is 35.9 Å². The van der Waals surface area contributed by atoms with Crippen molar-refractivity contribution in [2.24, 2.45) is 0 Å². The van der Waals surface area contributed by atoms with Crippen LogP contribution in [0.25, 0.3) is 0 Å². The number of nitriles is 1. The summed E-state index contributed by atoms with van der Waals surface area (Å²) in [4.78, 5) is 12.0. The van der Waals surface area contributed by atoms with Crippen molar-refractivity contribution in [3.8, 4) is 6.07 Å². The van der Waals surface area contributed by atoms with Crippen LogP contribution in [-0.2, 0) is 6.54 Å². The third-order valence-electron chi connectivity index (χ3n) is 2.64. The van der Waals surface area contributed by atoms with Crippen LogP contribution in [0.15, 0.2) is 45.8 Å². The second kappa shape index (κ2) is 5.19. The third-order valence-corrected chi connectivity index (χ3v) is 3.07. The van der Waals surface area contributed by atoms with Crippen LogP contribution >= 0.6 is 15.9 Å². The van der Waals surface area contributed by atoms with E-state index >= 15 is 0 Å². The lowest BCUT2D eigenvalue weighted by atomic mass is 10.1. The van der Waals surface area contributed by atoms with Gasteiger partial charge in [0.2, 0.25) is 0 Å². The summed E-state index contributed by atoms with van der Waals surface area (Å²) in [7, 11) is 0. The first-order valence-electron chi connectivity index (χ1n) is 5.46. The Balaban J connectivity index is 2.40. The summed E-state index contributed by atoms with van der Waals surface area (Å²) in [5.74, 6) is 0. The highest BCUT2D eigenvalue weighted by Gasteiger charge is 2.03. The van der Waals surface area contributed by atoms with Gasteiger partial charge in [0.05, 0.1) is 18.2 Å². The molecule has 0 bridgehead atoms. The summed E-state index contributed by atoms with van der Waals surface area (Å²) < 4.78 is 2.51. The van der Waals surface area contributed by atoms with Crippen molar-refractivity contribution in [2.45, 2.75) is 13.5 Å². The van der Waals surface area contributed by atoms with E-state index in [9.17, 15) is 4.79 Å². The van der Waals surface area contributed by atoms with E-state index in [0.717, 1.165) is 10.0 Å². The van der Waals surface area contributed by atoms with Crippen molar-refractivity contribution in [1.82, 2.24) is 4.57 Å². The molecule has 1 aromatic heterocycles. The van der Waals surface area contributed by atoms with Crippen molar-refractivity contribution in [1.29, 1.82) is 5.26 Å². The second-order valence-corrected chi connectivity index (χ2v) is 5.00. The van der Waals surface area contributed by atoms with Crippen LogP contribution < -0.4 is 5.56 Å². The van der Waals surface area contributed by atoms with E-state index in [2.05, 4.69) is 22.0 Å². The maximum absolute atomic E-state index is 12.0. The number of rotatable bonds is 2. The molecule has 0 atom stereocenters. The molecule has 0 N–H and O–H groups in total. The zero-order chi connectivity index (χ0) is 13.1. The standard InChI is InChI=1S/C14H11BrN2O/c1-10-5-13(15)9-17(14(10)18)8-12-4-2-3-11(6-12)7-16/h2-6,9H,8H2,1H3. The van der Waals surface area contributed by atoms with Crippen molar-refractivity contribution in [3.05, 3.63) is 68.0 Å². The molecule has 90 valence electrons. The molecule has 0 aliphatic heterocycles. The Bertz CT molecular complexity index is 683. The molecule has 0 unspecified atom stereocenters. The number of nitrogens with zero attached hydrogens (tertiary/aromatic N) is 2. The fraction of sp³-hybridized carbons (Fsp3) is 0.143. The van der Waals surface area contributed by atoms with E-state index < -0.39 is 0 Å². The minimum Gasteiger partial charge on any atom is -0.310 e. The summed E-state index contributed by atoms with van der Waals surface area (Å²) in [6.07, 6.45) is 1.76. The van der Waals surface area contributed by atoms with Crippen molar-refractivity contribution < 1.29 is 0 Å². The lowest BCUT2D eigenvalue weighted by Crippen LogP contribution is -2.22. The van der Waals surface area contributed by atoms with Crippen molar-refractivity contribution in [2.75, 3.05) is 0 Å². The van der Waals surface area contributed by atoms with Gasteiger partial charge in [0.15, 0.2) is 0 Å². The largest absolute Gasteiger partial charge is 0.310 e. The fourth-order valence-corrected chi connectivity index (χ4v) is 2.38. The van der Waals surface area contributed by atoms with Gasteiger partial charge in [-0.25, -0.2) is 0 Å². The molecule has 3 nitrogen and oxygen atoms in total. The van der Waals surface area contributed by atoms with Crippen LogP contribution in [0.5, 0.6) is 0 Å². The molecule has 0 aliphatic rings. The van der Waals surface area contributed by atoms with E-state index in [0.29, 0.717) is 17.7 Å². The summed E-state index contributed by atoms with van der Waals surface area (Å²) in [5.41, 5.74) is 2.22. The van der Waals surface area contributed by atoms with E-state index in [1.165, 1.54) is 0 Å². The first-order valence-corrected chi connectivity index (χ1v) is 6.25. The van der Waals surface area contributed by atoms with Gasteiger partial charge in [-0.15, -0.1) is 0 Å². The Kier molecular flexibility index (Phi) is 3.63. The Morgan fingerprint density at radius 2 is 2.17 bits per heavy atom. The molecule has 0 aliphatic carbocycles. The molecular formula is C14H11BrN2O. The predicted octanol–water partition coefficient (Wildman–Crippen LogP) is 2.84. The molecule has 0 saturated heterocycles. The SMILES string of the molecule is Cc1cc(Br)cn(Cc2cccc(C#N)c2)c1=O. The van der Waals surface area contributed by atoms with E-state index in [1.807, 2.05) is 12.1 Å². The lowest BCUT2D eigenvalue weighted by Gasteiger charge is -2.08. The van der Waals surface area contributed by atoms with Crippen LogP contribution in [0.1, 0.15) is 16.7 Å². The number of hydrogen-bond acceptors (Lipinski definition) is 2. The van der Waals surface area contributed by atoms with Crippen LogP contribution in [0.3, 0.4) is 0 Å². The summed E-state index contributed by atoms with van der Waals surface area (Å²) in [6.45, 7) is 2.25. The maximum Gasteiger partial charge on any atom is 0.253 e. The van der Waals surface area contributed by atoms with Crippen molar-refractivity contribution in [3.63, 3.8) is 0 Å². The number of pyridine rings is 1. The van der Waals surface area contributed by atoms with Gasteiger partial charge in [0.25, 0.3) is 5.56 Å². The molecule has 0 spiro atoms. The number of benzene rings is 1. The topological polar surface area (TPSA) is 45.8 Å². The van der Waals surface area contributed by atoms with Gasteiger partial charge in [0, 0.05) is 16.2 Å². The Morgan fingerprint density at radius 3 is 2.89 bits per heavy atom. The third kappa shape index (κ3) is 2.69. The van der Waals surface area contributed by atoms with Crippen LogP contribution in [0, 0.1) is 18.3 Å². The zero-order valence-electron chi connectivity index (χ0n) is 9.85.